The standard InChI is InChI=1S/C9H18N2O.C2HF3O2/c1-11(2)9(8(10)12)6-4-3-5-7-9;3-2(4,5)1(6)7/h3-7H2,1-2H3,(H2,10,12);(H,6,7). The molecule has 5 nitrogen and oxygen atoms in total. The Balaban J connectivity index is 0.000000399. The zero-order valence-corrected chi connectivity index (χ0v) is 11.0. The SMILES string of the molecule is CN(C)C1(C(N)=O)CCCCC1.O=C(O)C(F)(F)F. The number of hydrogen-bond acceptors (Lipinski definition) is 3. The number of amides is 1. The molecule has 0 aromatic heterocycles. The summed E-state index contributed by atoms with van der Waals surface area (Å²) in [4.78, 5) is 22.2. The maximum atomic E-state index is 11.3. The van der Waals surface area contributed by atoms with Gasteiger partial charge >= 0.3 is 12.1 Å². The largest absolute Gasteiger partial charge is 0.490 e. The molecule has 1 saturated carbocycles. The second-order valence-corrected chi connectivity index (χ2v) is 4.65. The van der Waals surface area contributed by atoms with Gasteiger partial charge in [0.25, 0.3) is 0 Å². The Morgan fingerprint density at radius 1 is 1.16 bits per heavy atom. The van der Waals surface area contributed by atoms with Crippen molar-refractivity contribution in [3.05, 3.63) is 0 Å². The molecule has 0 saturated heterocycles. The number of halogens is 3. The van der Waals surface area contributed by atoms with Crippen LogP contribution in [0, 0.1) is 0 Å². The Morgan fingerprint density at radius 3 is 1.68 bits per heavy atom. The molecule has 0 bridgehead atoms. The molecule has 1 rings (SSSR count). The highest BCUT2D eigenvalue weighted by Crippen LogP contribution is 2.31. The Kier molecular flexibility index (Phi) is 6.28. The van der Waals surface area contributed by atoms with Crippen molar-refractivity contribution < 1.29 is 27.9 Å². The van der Waals surface area contributed by atoms with Crippen LogP contribution in [0.1, 0.15) is 32.1 Å². The molecule has 1 fully saturated rings. The molecule has 0 aromatic carbocycles. The number of primary amides is 1. The highest BCUT2D eigenvalue weighted by molar-refractivity contribution is 5.84. The van der Waals surface area contributed by atoms with Crippen LogP contribution >= 0.6 is 0 Å². The predicted molar refractivity (Wildman–Crippen MR) is 62.4 cm³/mol. The number of carbonyl (C=O) groups excluding carboxylic acids is 1. The van der Waals surface area contributed by atoms with Gasteiger partial charge in [-0.15, -0.1) is 0 Å². The number of nitrogens with two attached hydrogens (primary N) is 1. The van der Waals surface area contributed by atoms with Gasteiger partial charge < -0.3 is 10.8 Å². The van der Waals surface area contributed by atoms with Crippen LogP contribution < -0.4 is 5.73 Å². The molecule has 0 unspecified atom stereocenters. The highest BCUT2D eigenvalue weighted by Gasteiger charge is 2.39. The first kappa shape index (κ1) is 17.7. The van der Waals surface area contributed by atoms with Gasteiger partial charge in [-0.3, -0.25) is 9.69 Å². The fourth-order valence-electron chi connectivity index (χ4n) is 2.05. The maximum absolute atomic E-state index is 11.3. The van der Waals surface area contributed by atoms with E-state index >= 15 is 0 Å². The molecule has 8 heteroatoms. The number of carbonyl (C=O) groups is 2. The third kappa shape index (κ3) is 5.06. The van der Waals surface area contributed by atoms with Crippen LogP contribution in [0.5, 0.6) is 0 Å². The average molecular weight is 284 g/mol. The second kappa shape index (κ2) is 6.74. The minimum Gasteiger partial charge on any atom is -0.475 e. The summed E-state index contributed by atoms with van der Waals surface area (Å²) in [7, 11) is 3.88. The minimum absolute atomic E-state index is 0.160. The van der Waals surface area contributed by atoms with Crippen LogP contribution in [-0.2, 0) is 9.59 Å². The maximum Gasteiger partial charge on any atom is 0.490 e. The van der Waals surface area contributed by atoms with E-state index in [1.807, 2.05) is 19.0 Å². The molecular formula is C11H19F3N2O3. The van der Waals surface area contributed by atoms with E-state index in [2.05, 4.69) is 0 Å². The summed E-state index contributed by atoms with van der Waals surface area (Å²) in [5.74, 6) is -2.92. The van der Waals surface area contributed by atoms with Crippen molar-refractivity contribution in [1.29, 1.82) is 0 Å². The smallest absolute Gasteiger partial charge is 0.475 e. The van der Waals surface area contributed by atoms with Crippen LogP contribution in [-0.4, -0.2) is 47.7 Å². The lowest BCUT2D eigenvalue weighted by Crippen LogP contribution is -2.55. The molecule has 0 aromatic rings. The second-order valence-electron chi connectivity index (χ2n) is 4.65. The number of likely N-dealkylation sites (N-methyl/N-ethyl adjacent to an activating group) is 1. The molecule has 0 aliphatic heterocycles. The topological polar surface area (TPSA) is 83.6 Å². The summed E-state index contributed by atoms with van der Waals surface area (Å²) in [5.41, 5.74) is 5.07. The molecule has 3 N–H and O–H groups in total. The number of nitrogens with zero attached hydrogens (tertiary/aromatic N) is 1. The van der Waals surface area contributed by atoms with E-state index in [1.165, 1.54) is 6.42 Å². The van der Waals surface area contributed by atoms with Gasteiger partial charge in [0.15, 0.2) is 0 Å². The summed E-state index contributed by atoms with van der Waals surface area (Å²) in [6, 6.07) is 0. The summed E-state index contributed by atoms with van der Waals surface area (Å²) in [6.07, 6.45) is 0.260. The van der Waals surface area contributed by atoms with Crippen molar-refractivity contribution >= 4 is 11.9 Å². The van der Waals surface area contributed by atoms with Crippen LogP contribution in [0.25, 0.3) is 0 Å². The van der Waals surface area contributed by atoms with Crippen molar-refractivity contribution in [3.63, 3.8) is 0 Å². The number of rotatable bonds is 2. The van der Waals surface area contributed by atoms with Gasteiger partial charge in [-0.2, -0.15) is 13.2 Å². The van der Waals surface area contributed by atoms with E-state index in [0.717, 1.165) is 25.7 Å². The highest BCUT2D eigenvalue weighted by atomic mass is 19.4. The van der Waals surface area contributed by atoms with Crippen molar-refractivity contribution in [3.8, 4) is 0 Å². The summed E-state index contributed by atoms with van der Waals surface area (Å²) in [5, 5.41) is 7.12. The van der Waals surface area contributed by atoms with E-state index in [0.29, 0.717) is 0 Å². The van der Waals surface area contributed by atoms with E-state index in [-0.39, 0.29) is 11.4 Å². The third-order valence-electron chi connectivity index (χ3n) is 3.24. The molecule has 0 heterocycles. The van der Waals surface area contributed by atoms with Gasteiger partial charge in [0.2, 0.25) is 5.91 Å². The monoisotopic (exact) mass is 284 g/mol. The Morgan fingerprint density at radius 2 is 1.53 bits per heavy atom. The van der Waals surface area contributed by atoms with Gasteiger partial charge in [0.05, 0.1) is 5.54 Å². The van der Waals surface area contributed by atoms with Crippen molar-refractivity contribution in [2.45, 2.75) is 43.8 Å². The number of aliphatic carboxylic acids is 1. The summed E-state index contributed by atoms with van der Waals surface area (Å²) in [6.45, 7) is 0. The number of carboxylic acids is 1. The number of carboxylic acid groups (broad SMARTS) is 1. The first-order valence-corrected chi connectivity index (χ1v) is 5.81. The van der Waals surface area contributed by atoms with Gasteiger partial charge in [-0.1, -0.05) is 19.3 Å². The Hall–Kier alpha value is -1.31. The molecule has 19 heavy (non-hydrogen) atoms. The lowest BCUT2D eigenvalue weighted by atomic mass is 9.80. The van der Waals surface area contributed by atoms with E-state index in [4.69, 9.17) is 15.6 Å². The van der Waals surface area contributed by atoms with Gasteiger partial charge in [-0.05, 0) is 26.9 Å². The van der Waals surface area contributed by atoms with Gasteiger partial charge in [-0.25, -0.2) is 4.79 Å². The lowest BCUT2D eigenvalue weighted by molar-refractivity contribution is -0.192. The fraction of sp³-hybridized carbons (Fsp3) is 0.818. The molecule has 1 aliphatic rings. The minimum atomic E-state index is -5.08. The third-order valence-corrected chi connectivity index (χ3v) is 3.24. The van der Waals surface area contributed by atoms with Crippen molar-refractivity contribution in [2.75, 3.05) is 14.1 Å². The van der Waals surface area contributed by atoms with E-state index < -0.39 is 12.1 Å². The molecule has 0 radical (unpaired) electrons. The quantitative estimate of drug-likeness (QED) is 0.802. The van der Waals surface area contributed by atoms with E-state index in [1.54, 1.807) is 0 Å². The molecule has 112 valence electrons. The van der Waals surface area contributed by atoms with Crippen LogP contribution in [0.2, 0.25) is 0 Å². The molecule has 0 atom stereocenters. The molecule has 0 spiro atoms. The number of alkyl halides is 3. The fourth-order valence-corrected chi connectivity index (χ4v) is 2.05. The molecule has 1 aliphatic carbocycles. The Labute approximate surface area is 109 Å². The predicted octanol–water partition coefficient (Wildman–Crippen LogP) is 1.37. The summed E-state index contributed by atoms with van der Waals surface area (Å²) >= 11 is 0. The normalized spacial score (nSPS) is 18.4. The molecule has 1 amide bonds. The average Bonchev–Trinajstić information content (AvgIpc) is 2.29. The Bertz CT molecular complexity index is 324. The molecular weight excluding hydrogens is 265 g/mol. The van der Waals surface area contributed by atoms with Crippen molar-refractivity contribution in [1.82, 2.24) is 4.90 Å². The van der Waals surface area contributed by atoms with Gasteiger partial charge in [0.1, 0.15) is 0 Å². The van der Waals surface area contributed by atoms with Crippen LogP contribution in [0.4, 0.5) is 13.2 Å². The zero-order valence-electron chi connectivity index (χ0n) is 11.0. The van der Waals surface area contributed by atoms with Gasteiger partial charge in [0, 0.05) is 0 Å². The lowest BCUT2D eigenvalue weighted by Gasteiger charge is -2.39. The van der Waals surface area contributed by atoms with Crippen molar-refractivity contribution in [2.24, 2.45) is 5.73 Å². The number of hydrogen-bond donors (Lipinski definition) is 2. The summed E-state index contributed by atoms with van der Waals surface area (Å²) < 4.78 is 31.7. The van der Waals surface area contributed by atoms with Crippen LogP contribution in [0.15, 0.2) is 0 Å². The first-order valence-electron chi connectivity index (χ1n) is 5.81. The zero-order chi connectivity index (χ0) is 15.3. The van der Waals surface area contributed by atoms with Crippen LogP contribution in [0.3, 0.4) is 0 Å². The first-order chi connectivity index (χ1) is 8.54. The van der Waals surface area contributed by atoms with E-state index in [9.17, 15) is 18.0 Å².